The van der Waals surface area contributed by atoms with Crippen LogP contribution in [-0.4, -0.2) is 24.7 Å². The smallest absolute Gasteiger partial charge is 0.338 e. The van der Waals surface area contributed by atoms with Gasteiger partial charge in [0.25, 0.3) is 0 Å². The van der Waals surface area contributed by atoms with Gasteiger partial charge in [-0.1, -0.05) is 19.1 Å². The highest BCUT2D eigenvalue weighted by Crippen LogP contribution is 2.32. The van der Waals surface area contributed by atoms with E-state index in [4.69, 9.17) is 9.47 Å². The van der Waals surface area contributed by atoms with Crippen LogP contribution in [0.15, 0.2) is 35.5 Å². The van der Waals surface area contributed by atoms with Gasteiger partial charge in [-0.3, -0.25) is 0 Å². The molecule has 1 saturated carbocycles. The van der Waals surface area contributed by atoms with Crippen LogP contribution in [0.3, 0.4) is 0 Å². The Bertz CT molecular complexity index is 711. The van der Waals surface area contributed by atoms with Gasteiger partial charge in [-0.25, -0.2) is 9.59 Å². The van der Waals surface area contributed by atoms with E-state index in [1.54, 1.807) is 6.92 Å². The third-order valence-corrected chi connectivity index (χ3v) is 5.05. The first-order valence-electron chi connectivity index (χ1n) is 9.21. The summed E-state index contributed by atoms with van der Waals surface area (Å²) in [6.07, 6.45) is 3.00. The summed E-state index contributed by atoms with van der Waals surface area (Å²) in [7, 11) is 0. The molecule has 0 radical (unpaired) electrons. The van der Waals surface area contributed by atoms with Crippen molar-refractivity contribution in [1.29, 1.82) is 0 Å². The first kappa shape index (κ1) is 18.3. The van der Waals surface area contributed by atoms with E-state index >= 15 is 0 Å². The molecule has 26 heavy (non-hydrogen) atoms. The van der Waals surface area contributed by atoms with Crippen LogP contribution in [0.4, 0.5) is 4.79 Å². The Morgan fingerprint density at radius 1 is 1.23 bits per heavy atom. The minimum atomic E-state index is -0.538. The highest BCUT2D eigenvalue weighted by Gasteiger charge is 2.35. The van der Waals surface area contributed by atoms with Crippen LogP contribution in [0.5, 0.6) is 5.75 Å². The molecule has 0 bridgehead atoms. The lowest BCUT2D eigenvalue weighted by Crippen LogP contribution is -2.45. The predicted molar refractivity (Wildman–Crippen MR) is 97.6 cm³/mol. The number of carbonyl (C=O) groups excluding carboxylic acids is 2. The van der Waals surface area contributed by atoms with E-state index in [0.717, 1.165) is 30.6 Å². The zero-order chi connectivity index (χ0) is 18.7. The lowest BCUT2D eigenvalue weighted by Gasteiger charge is -2.29. The number of benzene rings is 1. The van der Waals surface area contributed by atoms with Crippen LogP contribution < -0.4 is 15.4 Å². The number of hydrogen-bond acceptors (Lipinski definition) is 4. The average Bonchev–Trinajstić information content (AvgIpc) is 3.00. The number of allylic oxidation sites excluding steroid dienone is 1. The summed E-state index contributed by atoms with van der Waals surface area (Å²) in [6, 6.07) is 6.53. The standard InChI is InChI=1S/C20H26N2O4/c1-4-25-15-10-8-14(9-11-15)18-17(13(3)21-20(24)22-18)19(23)26-16-7-5-6-12(16)2/h8-12,16,18H,4-7H2,1-3H3,(H2,21,22,24)/t12-,16-,18-/m0/s1. The van der Waals surface area contributed by atoms with Crippen molar-refractivity contribution in [3.8, 4) is 5.75 Å². The Labute approximate surface area is 153 Å². The van der Waals surface area contributed by atoms with Crippen LogP contribution in [0.2, 0.25) is 0 Å². The van der Waals surface area contributed by atoms with Gasteiger partial charge in [0.05, 0.1) is 18.2 Å². The van der Waals surface area contributed by atoms with E-state index in [0.29, 0.717) is 23.8 Å². The second kappa shape index (κ2) is 7.81. The molecule has 2 amide bonds. The van der Waals surface area contributed by atoms with E-state index in [9.17, 15) is 9.59 Å². The van der Waals surface area contributed by atoms with Gasteiger partial charge in [0, 0.05) is 5.70 Å². The van der Waals surface area contributed by atoms with Crippen LogP contribution in [0.25, 0.3) is 0 Å². The van der Waals surface area contributed by atoms with E-state index in [1.165, 1.54) is 0 Å². The monoisotopic (exact) mass is 358 g/mol. The van der Waals surface area contributed by atoms with Crippen molar-refractivity contribution in [2.24, 2.45) is 5.92 Å². The summed E-state index contributed by atoms with van der Waals surface area (Å²) >= 11 is 0. The molecule has 140 valence electrons. The molecule has 3 atom stereocenters. The second-order valence-electron chi connectivity index (χ2n) is 6.92. The molecule has 0 unspecified atom stereocenters. The third-order valence-electron chi connectivity index (χ3n) is 5.05. The zero-order valence-electron chi connectivity index (χ0n) is 15.5. The SMILES string of the molecule is CCOc1ccc([C@@H]2NC(=O)NC(C)=C2C(=O)O[C@H]2CCC[C@@H]2C)cc1. The third kappa shape index (κ3) is 3.84. The van der Waals surface area contributed by atoms with Gasteiger partial charge in [0.1, 0.15) is 11.9 Å². The van der Waals surface area contributed by atoms with E-state index in [1.807, 2.05) is 31.2 Å². The molecule has 1 fully saturated rings. The first-order valence-corrected chi connectivity index (χ1v) is 9.21. The van der Waals surface area contributed by atoms with Gasteiger partial charge < -0.3 is 20.1 Å². The number of amides is 2. The molecule has 1 aliphatic heterocycles. The minimum Gasteiger partial charge on any atom is -0.494 e. The second-order valence-corrected chi connectivity index (χ2v) is 6.92. The molecule has 1 aromatic rings. The fourth-order valence-electron chi connectivity index (χ4n) is 3.63. The van der Waals surface area contributed by atoms with Crippen LogP contribution in [-0.2, 0) is 9.53 Å². The zero-order valence-corrected chi connectivity index (χ0v) is 15.5. The van der Waals surface area contributed by atoms with Gasteiger partial charge in [-0.15, -0.1) is 0 Å². The minimum absolute atomic E-state index is 0.0543. The molecule has 1 aliphatic carbocycles. The van der Waals surface area contributed by atoms with Crippen molar-refractivity contribution < 1.29 is 19.1 Å². The van der Waals surface area contributed by atoms with Crippen molar-refractivity contribution in [2.75, 3.05) is 6.61 Å². The topological polar surface area (TPSA) is 76.7 Å². The van der Waals surface area contributed by atoms with Crippen molar-refractivity contribution in [3.63, 3.8) is 0 Å². The molecule has 0 saturated heterocycles. The average molecular weight is 358 g/mol. The Kier molecular flexibility index (Phi) is 5.49. The van der Waals surface area contributed by atoms with Crippen LogP contribution in [0.1, 0.15) is 51.6 Å². The number of esters is 1. The quantitative estimate of drug-likeness (QED) is 0.791. The molecule has 3 rings (SSSR count). The normalized spacial score (nSPS) is 25.5. The summed E-state index contributed by atoms with van der Waals surface area (Å²) in [5.41, 5.74) is 1.80. The van der Waals surface area contributed by atoms with Crippen molar-refractivity contribution in [2.45, 2.75) is 52.2 Å². The first-order chi connectivity index (χ1) is 12.5. The van der Waals surface area contributed by atoms with Gasteiger partial charge >= 0.3 is 12.0 Å². The summed E-state index contributed by atoms with van der Waals surface area (Å²) in [6.45, 7) is 6.34. The Balaban J connectivity index is 1.85. The number of ether oxygens (including phenoxy) is 2. The molecule has 0 spiro atoms. The molecule has 1 aromatic carbocycles. The highest BCUT2D eigenvalue weighted by atomic mass is 16.5. The van der Waals surface area contributed by atoms with E-state index in [2.05, 4.69) is 17.6 Å². The van der Waals surface area contributed by atoms with Crippen molar-refractivity contribution >= 4 is 12.0 Å². The summed E-state index contributed by atoms with van der Waals surface area (Å²) in [4.78, 5) is 24.8. The molecule has 6 nitrogen and oxygen atoms in total. The fourth-order valence-corrected chi connectivity index (χ4v) is 3.63. The van der Waals surface area contributed by atoms with Crippen molar-refractivity contribution in [3.05, 3.63) is 41.1 Å². The van der Waals surface area contributed by atoms with Gasteiger partial charge in [-0.2, -0.15) is 0 Å². The fraction of sp³-hybridized carbons (Fsp3) is 0.500. The number of hydrogen-bond donors (Lipinski definition) is 2. The summed E-state index contributed by atoms with van der Waals surface area (Å²) in [5, 5.41) is 5.51. The Morgan fingerprint density at radius 3 is 2.58 bits per heavy atom. The maximum atomic E-state index is 12.9. The highest BCUT2D eigenvalue weighted by molar-refractivity contribution is 5.95. The van der Waals surface area contributed by atoms with Crippen LogP contribution in [0, 0.1) is 5.92 Å². The summed E-state index contributed by atoms with van der Waals surface area (Å²) < 4.78 is 11.2. The Morgan fingerprint density at radius 2 is 1.96 bits per heavy atom. The van der Waals surface area contributed by atoms with E-state index in [-0.39, 0.29) is 18.1 Å². The molecule has 2 aliphatic rings. The number of nitrogens with one attached hydrogen (secondary N) is 2. The molecule has 6 heteroatoms. The number of carbonyl (C=O) groups is 2. The van der Waals surface area contributed by atoms with Gasteiger partial charge in [0.2, 0.25) is 0 Å². The lowest BCUT2D eigenvalue weighted by molar-refractivity contribution is -0.146. The molecular formula is C20H26N2O4. The molecule has 2 N–H and O–H groups in total. The predicted octanol–water partition coefficient (Wildman–Crippen LogP) is 3.45. The summed E-state index contributed by atoms with van der Waals surface area (Å²) in [5.74, 6) is 0.753. The van der Waals surface area contributed by atoms with Crippen molar-refractivity contribution in [1.82, 2.24) is 10.6 Å². The Hall–Kier alpha value is -2.50. The van der Waals surface area contributed by atoms with E-state index < -0.39 is 6.04 Å². The largest absolute Gasteiger partial charge is 0.494 e. The molecular weight excluding hydrogens is 332 g/mol. The maximum Gasteiger partial charge on any atom is 0.338 e. The van der Waals surface area contributed by atoms with Crippen LogP contribution >= 0.6 is 0 Å². The number of rotatable bonds is 5. The maximum absolute atomic E-state index is 12.9. The number of urea groups is 1. The molecule has 0 aromatic heterocycles. The lowest BCUT2D eigenvalue weighted by atomic mass is 9.95. The van der Waals surface area contributed by atoms with Gasteiger partial charge in [0.15, 0.2) is 0 Å². The molecule has 1 heterocycles. The van der Waals surface area contributed by atoms with Gasteiger partial charge in [-0.05, 0) is 56.7 Å².